The summed E-state index contributed by atoms with van der Waals surface area (Å²) in [4.78, 5) is 40.6. The van der Waals surface area contributed by atoms with Gasteiger partial charge in [-0.05, 0) is 44.0 Å². The number of amides is 2. The fourth-order valence-electron chi connectivity index (χ4n) is 3.62. The fraction of sp³-hybridized carbons (Fsp3) is 0.550. The number of carbonyl (C=O) groups is 3. The van der Waals surface area contributed by atoms with E-state index in [4.69, 9.17) is 9.47 Å². The van der Waals surface area contributed by atoms with Gasteiger partial charge in [-0.25, -0.2) is 14.4 Å². The van der Waals surface area contributed by atoms with Crippen molar-refractivity contribution in [3.8, 4) is 0 Å². The molecular weight excluding hydrogens is 378 g/mol. The van der Waals surface area contributed by atoms with Gasteiger partial charge in [-0.15, -0.1) is 0 Å². The van der Waals surface area contributed by atoms with E-state index in [0.717, 1.165) is 21.7 Å². The number of hydrogen-bond acceptors (Lipinski definition) is 6. The van der Waals surface area contributed by atoms with Crippen LogP contribution in [-0.2, 0) is 27.4 Å². The SMILES string of the molecule is COC(=O)C1CN(c2ccc3c(c2)CN(C(=O)OC(C)(C)C)C3)CCN1C(=O)O. The molecule has 3 rings (SSSR count). The molecule has 2 heterocycles. The molecule has 0 bridgehead atoms. The summed E-state index contributed by atoms with van der Waals surface area (Å²) in [6.07, 6.45) is -1.49. The summed E-state index contributed by atoms with van der Waals surface area (Å²) in [5.74, 6) is -0.575. The largest absolute Gasteiger partial charge is 0.467 e. The highest BCUT2D eigenvalue weighted by Crippen LogP contribution is 2.29. The van der Waals surface area contributed by atoms with Gasteiger partial charge in [0.2, 0.25) is 0 Å². The van der Waals surface area contributed by atoms with Gasteiger partial charge in [-0.1, -0.05) is 6.07 Å². The third-order valence-corrected chi connectivity index (χ3v) is 5.03. The molecule has 1 fully saturated rings. The summed E-state index contributed by atoms with van der Waals surface area (Å²) < 4.78 is 10.2. The van der Waals surface area contributed by atoms with Gasteiger partial charge in [0.25, 0.3) is 0 Å². The van der Waals surface area contributed by atoms with Gasteiger partial charge in [0.05, 0.1) is 7.11 Å². The van der Waals surface area contributed by atoms with Gasteiger partial charge in [0.1, 0.15) is 5.60 Å². The van der Waals surface area contributed by atoms with E-state index < -0.39 is 23.7 Å². The van der Waals surface area contributed by atoms with Crippen molar-refractivity contribution >= 4 is 23.8 Å². The highest BCUT2D eigenvalue weighted by atomic mass is 16.6. The Labute approximate surface area is 169 Å². The van der Waals surface area contributed by atoms with Crippen molar-refractivity contribution < 1.29 is 29.0 Å². The second-order valence-electron chi connectivity index (χ2n) is 8.25. The van der Waals surface area contributed by atoms with E-state index in [-0.39, 0.29) is 19.2 Å². The molecule has 0 radical (unpaired) electrons. The molecule has 1 N–H and O–H groups in total. The average Bonchev–Trinajstić information content (AvgIpc) is 3.09. The van der Waals surface area contributed by atoms with Crippen LogP contribution in [0.15, 0.2) is 18.2 Å². The third kappa shape index (κ3) is 4.55. The Morgan fingerprint density at radius 2 is 1.79 bits per heavy atom. The number of fused-ring (bicyclic) bond motifs is 1. The van der Waals surface area contributed by atoms with E-state index in [9.17, 15) is 19.5 Å². The first-order chi connectivity index (χ1) is 13.6. The molecule has 1 saturated heterocycles. The Kier molecular flexibility index (Phi) is 5.59. The zero-order valence-corrected chi connectivity index (χ0v) is 17.2. The number of methoxy groups -OCH3 is 1. The maximum atomic E-state index is 12.3. The van der Waals surface area contributed by atoms with E-state index in [2.05, 4.69) is 0 Å². The summed E-state index contributed by atoms with van der Waals surface area (Å²) in [6.45, 7) is 7.33. The molecule has 1 atom stereocenters. The van der Waals surface area contributed by atoms with Crippen LogP contribution in [0.25, 0.3) is 0 Å². The number of ether oxygens (including phenoxy) is 2. The molecule has 1 unspecified atom stereocenters. The molecule has 2 amide bonds. The number of carbonyl (C=O) groups excluding carboxylic acids is 2. The number of esters is 1. The van der Waals surface area contributed by atoms with Gasteiger partial charge >= 0.3 is 18.2 Å². The Morgan fingerprint density at radius 1 is 1.10 bits per heavy atom. The lowest BCUT2D eigenvalue weighted by molar-refractivity contribution is -0.146. The molecule has 0 aromatic heterocycles. The van der Waals surface area contributed by atoms with Gasteiger partial charge in [-0.3, -0.25) is 9.80 Å². The van der Waals surface area contributed by atoms with Crippen molar-refractivity contribution in [2.75, 3.05) is 31.6 Å². The molecule has 158 valence electrons. The number of anilines is 1. The zero-order valence-electron chi connectivity index (χ0n) is 17.2. The highest BCUT2D eigenvalue weighted by molar-refractivity contribution is 5.82. The minimum atomic E-state index is -1.14. The van der Waals surface area contributed by atoms with Crippen molar-refractivity contribution in [2.45, 2.75) is 45.5 Å². The second kappa shape index (κ2) is 7.81. The van der Waals surface area contributed by atoms with Crippen LogP contribution in [0.2, 0.25) is 0 Å². The van der Waals surface area contributed by atoms with Crippen LogP contribution in [-0.4, -0.2) is 71.4 Å². The molecule has 1 aromatic rings. The van der Waals surface area contributed by atoms with Gasteiger partial charge in [-0.2, -0.15) is 0 Å². The first kappa shape index (κ1) is 20.8. The third-order valence-electron chi connectivity index (χ3n) is 5.03. The number of carboxylic acid groups (broad SMARTS) is 1. The second-order valence-corrected chi connectivity index (χ2v) is 8.25. The first-order valence-corrected chi connectivity index (χ1v) is 9.51. The van der Waals surface area contributed by atoms with E-state index in [1.165, 1.54) is 7.11 Å². The smallest absolute Gasteiger partial charge is 0.410 e. The van der Waals surface area contributed by atoms with Crippen LogP contribution in [0.4, 0.5) is 15.3 Å². The standard InChI is InChI=1S/C20H27N3O6/c1-20(2,3)29-19(27)22-10-13-5-6-15(9-14(13)11-22)21-7-8-23(18(25)26)16(12-21)17(24)28-4/h5-6,9,16H,7-8,10-12H2,1-4H3,(H,25,26). The van der Waals surface area contributed by atoms with E-state index >= 15 is 0 Å². The van der Waals surface area contributed by atoms with Gasteiger partial charge < -0.3 is 19.5 Å². The quantitative estimate of drug-likeness (QED) is 0.754. The Bertz CT molecular complexity index is 819. The Hall–Kier alpha value is -2.97. The summed E-state index contributed by atoms with van der Waals surface area (Å²) in [5, 5.41) is 9.35. The van der Waals surface area contributed by atoms with E-state index in [0.29, 0.717) is 19.6 Å². The van der Waals surface area contributed by atoms with Crippen LogP contribution in [0, 0.1) is 0 Å². The van der Waals surface area contributed by atoms with Crippen molar-refractivity contribution in [1.29, 1.82) is 0 Å². The van der Waals surface area contributed by atoms with Crippen LogP contribution in [0.3, 0.4) is 0 Å². The number of rotatable bonds is 2. The fourth-order valence-corrected chi connectivity index (χ4v) is 3.62. The molecule has 1 aromatic carbocycles. The number of benzene rings is 1. The molecule has 9 nitrogen and oxygen atoms in total. The van der Waals surface area contributed by atoms with E-state index in [1.807, 2.05) is 43.9 Å². The lowest BCUT2D eigenvalue weighted by Gasteiger charge is -2.39. The average molecular weight is 405 g/mol. The van der Waals surface area contributed by atoms with Crippen molar-refractivity contribution in [1.82, 2.24) is 9.80 Å². The van der Waals surface area contributed by atoms with Crippen molar-refractivity contribution in [3.05, 3.63) is 29.3 Å². The minimum Gasteiger partial charge on any atom is -0.467 e. The Morgan fingerprint density at radius 3 is 2.41 bits per heavy atom. The molecule has 0 aliphatic carbocycles. The normalized spacial score (nSPS) is 19.0. The highest BCUT2D eigenvalue weighted by Gasteiger charge is 2.37. The number of hydrogen-bond donors (Lipinski definition) is 1. The molecule has 2 aliphatic rings. The zero-order chi connectivity index (χ0) is 21.3. The lowest BCUT2D eigenvalue weighted by Crippen LogP contribution is -2.58. The van der Waals surface area contributed by atoms with Crippen LogP contribution in [0.5, 0.6) is 0 Å². The molecule has 0 spiro atoms. The maximum absolute atomic E-state index is 12.3. The molecular formula is C20H27N3O6. The molecule has 29 heavy (non-hydrogen) atoms. The Balaban J connectivity index is 1.73. The van der Waals surface area contributed by atoms with Gasteiger partial charge in [0.15, 0.2) is 6.04 Å². The van der Waals surface area contributed by atoms with E-state index in [1.54, 1.807) is 4.90 Å². The molecule has 2 aliphatic heterocycles. The predicted molar refractivity (Wildman–Crippen MR) is 105 cm³/mol. The summed E-state index contributed by atoms with van der Waals surface area (Å²) in [5.41, 5.74) is 2.40. The van der Waals surface area contributed by atoms with Crippen LogP contribution >= 0.6 is 0 Å². The first-order valence-electron chi connectivity index (χ1n) is 9.51. The summed E-state index contributed by atoms with van der Waals surface area (Å²) in [6, 6.07) is 5.01. The minimum absolute atomic E-state index is 0.205. The maximum Gasteiger partial charge on any atom is 0.410 e. The number of nitrogens with zero attached hydrogens (tertiary/aromatic N) is 3. The predicted octanol–water partition coefficient (Wildman–Crippen LogP) is 2.28. The summed E-state index contributed by atoms with van der Waals surface area (Å²) >= 11 is 0. The van der Waals surface area contributed by atoms with Crippen molar-refractivity contribution in [2.24, 2.45) is 0 Å². The van der Waals surface area contributed by atoms with Crippen LogP contribution in [0.1, 0.15) is 31.9 Å². The monoisotopic (exact) mass is 405 g/mol. The van der Waals surface area contributed by atoms with Gasteiger partial charge in [0, 0.05) is 38.4 Å². The van der Waals surface area contributed by atoms with Crippen LogP contribution < -0.4 is 4.90 Å². The molecule has 0 saturated carbocycles. The molecule has 9 heteroatoms. The topological polar surface area (TPSA) is 99.6 Å². The van der Waals surface area contributed by atoms with Crippen molar-refractivity contribution in [3.63, 3.8) is 0 Å². The number of piperazine rings is 1. The lowest BCUT2D eigenvalue weighted by atomic mass is 10.1. The summed E-state index contributed by atoms with van der Waals surface area (Å²) in [7, 11) is 1.25.